The molecule has 2 unspecified atom stereocenters. The summed E-state index contributed by atoms with van der Waals surface area (Å²) >= 11 is 0. The molecule has 2 aliphatic rings. The van der Waals surface area contributed by atoms with Crippen molar-refractivity contribution >= 4 is 0 Å². The predicted molar refractivity (Wildman–Crippen MR) is 62.0 cm³/mol. The van der Waals surface area contributed by atoms with Crippen molar-refractivity contribution in [2.75, 3.05) is 20.2 Å². The van der Waals surface area contributed by atoms with E-state index >= 15 is 0 Å². The summed E-state index contributed by atoms with van der Waals surface area (Å²) in [7, 11) is 1.81. The molecule has 1 aliphatic carbocycles. The Bertz CT molecular complexity index is 192. The predicted octanol–water partition coefficient (Wildman–Crippen LogP) is 1.14. The van der Waals surface area contributed by atoms with E-state index < -0.39 is 0 Å². The van der Waals surface area contributed by atoms with Crippen LogP contribution < -0.4 is 10.6 Å². The highest BCUT2D eigenvalue weighted by Gasteiger charge is 2.29. The van der Waals surface area contributed by atoms with Crippen molar-refractivity contribution < 1.29 is 4.74 Å². The first-order chi connectivity index (χ1) is 7.28. The molecule has 1 heterocycles. The summed E-state index contributed by atoms with van der Waals surface area (Å²) in [6.45, 7) is 4.68. The lowest BCUT2D eigenvalue weighted by Gasteiger charge is -2.37. The first-order valence-corrected chi connectivity index (χ1v) is 6.27. The largest absolute Gasteiger partial charge is 0.381 e. The number of rotatable bonds is 4. The minimum Gasteiger partial charge on any atom is -0.381 e. The van der Waals surface area contributed by atoms with E-state index in [-0.39, 0.29) is 0 Å². The summed E-state index contributed by atoms with van der Waals surface area (Å²) < 4.78 is 5.28. The van der Waals surface area contributed by atoms with Gasteiger partial charge in [-0.25, -0.2) is 0 Å². The zero-order valence-electron chi connectivity index (χ0n) is 9.96. The topological polar surface area (TPSA) is 33.3 Å². The van der Waals surface area contributed by atoms with Gasteiger partial charge in [-0.3, -0.25) is 0 Å². The molecule has 0 radical (unpaired) electrons. The number of piperidine rings is 1. The third kappa shape index (κ3) is 3.16. The van der Waals surface area contributed by atoms with Gasteiger partial charge in [-0.15, -0.1) is 0 Å². The smallest absolute Gasteiger partial charge is 0.0601 e. The lowest BCUT2D eigenvalue weighted by atomic mass is 9.87. The van der Waals surface area contributed by atoms with Gasteiger partial charge in [0.25, 0.3) is 0 Å². The molecule has 0 spiro atoms. The standard InChI is InChI=1S/C12H24N2O/c1-9-5-10(3-4-13-9)8-14-11-6-12(7-11)15-2/h9-14H,3-8H2,1-2H3. The van der Waals surface area contributed by atoms with Gasteiger partial charge < -0.3 is 15.4 Å². The Labute approximate surface area is 93.0 Å². The molecule has 3 nitrogen and oxygen atoms in total. The first kappa shape index (κ1) is 11.4. The molecule has 2 atom stereocenters. The molecule has 1 saturated heterocycles. The van der Waals surface area contributed by atoms with Gasteiger partial charge in [0, 0.05) is 19.2 Å². The molecule has 0 aromatic heterocycles. The van der Waals surface area contributed by atoms with Crippen LogP contribution in [-0.4, -0.2) is 38.4 Å². The van der Waals surface area contributed by atoms with Gasteiger partial charge in [0.05, 0.1) is 6.10 Å². The van der Waals surface area contributed by atoms with E-state index in [0.29, 0.717) is 12.1 Å². The third-order valence-corrected chi connectivity index (χ3v) is 3.86. The monoisotopic (exact) mass is 212 g/mol. The highest BCUT2D eigenvalue weighted by atomic mass is 16.5. The van der Waals surface area contributed by atoms with Crippen LogP contribution in [0.5, 0.6) is 0 Å². The molecular weight excluding hydrogens is 188 g/mol. The van der Waals surface area contributed by atoms with E-state index in [4.69, 9.17) is 4.74 Å². The van der Waals surface area contributed by atoms with E-state index in [0.717, 1.165) is 12.0 Å². The second-order valence-electron chi connectivity index (χ2n) is 5.18. The Morgan fingerprint density at radius 2 is 2.13 bits per heavy atom. The Morgan fingerprint density at radius 3 is 2.80 bits per heavy atom. The zero-order chi connectivity index (χ0) is 10.7. The second-order valence-corrected chi connectivity index (χ2v) is 5.18. The maximum absolute atomic E-state index is 5.28. The fraction of sp³-hybridized carbons (Fsp3) is 1.00. The van der Waals surface area contributed by atoms with Gasteiger partial charge in [-0.05, 0) is 51.6 Å². The van der Waals surface area contributed by atoms with Crippen LogP contribution in [0.1, 0.15) is 32.6 Å². The van der Waals surface area contributed by atoms with Crippen LogP contribution in [0.3, 0.4) is 0 Å². The fourth-order valence-electron chi connectivity index (χ4n) is 2.68. The minimum atomic E-state index is 0.523. The van der Waals surface area contributed by atoms with Crippen LogP contribution >= 0.6 is 0 Å². The van der Waals surface area contributed by atoms with Crippen molar-refractivity contribution in [3.63, 3.8) is 0 Å². The number of methoxy groups -OCH3 is 1. The average Bonchev–Trinajstić information content (AvgIpc) is 2.16. The molecule has 0 aromatic rings. The van der Waals surface area contributed by atoms with Crippen molar-refractivity contribution in [3.05, 3.63) is 0 Å². The summed E-state index contributed by atoms with van der Waals surface area (Å²) in [5, 5.41) is 7.16. The van der Waals surface area contributed by atoms with E-state index in [2.05, 4.69) is 17.6 Å². The van der Waals surface area contributed by atoms with E-state index in [1.165, 1.54) is 38.8 Å². The van der Waals surface area contributed by atoms with Crippen LogP contribution in [0.15, 0.2) is 0 Å². The second kappa shape index (κ2) is 5.28. The number of hydrogen-bond acceptors (Lipinski definition) is 3. The van der Waals surface area contributed by atoms with E-state index in [1.807, 2.05) is 7.11 Å². The van der Waals surface area contributed by atoms with E-state index in [9.17, 15) is 0 Å². The van der Waals surface area contributed by atoms with Gasteiger partial charge >= 0.3 is 0 Å². The first-order valence-electron chi connectivity index (χ1n) is 6.27. The summed E-state index contributed by atoms with van der Waals surface area (Å²) in [5.74, 6) is 0.878. The van der Waals surface area contributed by atoms with Crippen LogP contribution in [-0.2, 0) is 4.74 Å². The molecule has 1 saturated carbocycles. The highest BCUT2D eigenvalue weighted by Crippen LogP contribution is 2.23. The fourth-order valence-corrected chi connectivity index (χ4v) is 2.68. The summed E-state index contributed by atoms with van der Waals surface area (Å²) in [4.78, 5) is 0. The van der Waals surface area contributed by atoms with Gasteiger partial charge in [-0.1, -0.05) is 0 Å². The summed E-state index contributed by atoms with van der Waals surface area (Å²) in [5.41, 5.74) is 0. The van der Waals surface area contributed by atoms with Crippen LogP contribution in [0.25, 0.3) is 0 Å². The molecule has 1 aliphatic heterocycles. The van der Waals surface area contributed by atoms with Gasteiger partial charge in [0.15, 0.2) is 0 Å². The van der Waals surface area contributed by atoms with Crippen molar-refractivity contribution in [3.8, 4) is 0 Å². The van der Waals surface area contributed by atoms with Crippen LogP contribution in [0, 0.1) is 5.92 Å². The van der Waals surface area contributed by atoms with E-state index in [1.54, 1.807) is 0 Å². The maximum Gasteiger partial charge on any atom is 0.0601 e. The van der Waals surface area contributed by atoms with Crippen LogP contribution in [0.2, 0.25) is 0 Å². The highest BCUT2D eigenvalue weighted by molar-refractivity contribution is 4.87. The Hall–Kier alpha value is -0.120. The van der Waals surface area contributed by atoms with Gasteiger partial charge in [-0.2, -0.15) is 0 Å². The molecule has 88 valence electrons. The van der Waals surface area contributed by atoms with Crippen LogP contribution in [0.4, 0.5) is 0 Å². The molecule has 2 N–H and O–H groups in total. The molecule has 15 heavy (non-hydrogen) atoms. The number of hydrogen-bond donors (Lipinski definition) is 2. The molecule has 0 aromatic carbocycles. The maximum atomic E-state index is 5.28. The quantitative estimate of drug-likeness (QED) is 0.733. The number of ether oxygens (including phenoxy) is 1. The van der Waals surface area contributed by atoms with Crippen molar-refractivity contribution in [2.24, 2.45) is 5.92 Å². The lowest BCUT2D eigenvalue weighted by molar-refractivity contribution is 0.0159. The molecule has 2 rings (SSSR count). The SMILES string of the molecule is COC1CC(NCC2CCNC(C)C2)C1. The summed E-state index contributed by atoms with van der Waals surface area (Å²) in [6, 6.07) is 1.43. The van der Waals surface area contributed by atoms with Crippen molar-refractivity contribution in [2.45, 2.75) is 50.8 Å². The van der Waals surface area contributed by atoms with Gasteiger partial charge in [0.2, 0.25) is 0 Å². The molecule has 2 fully saturated rings. The Morgan fingerprint density at radius 1 is 1.33 bits per heavy atom. The Balaban J connectivity index is 1.58. The molecular formula is C12H24N2O. The third-order valence-electron chi connectivity index (χ3n) is 3.86. The normalized spacial score (nSPS) is 41.2. The Kier molecular flexibility index (Phi) is 4.00. The molecule has 0 bridgehead atoms. The lowest BCUT2D eigenvalue weighted by Crippen LogP contribution is -2.48. The van der Waals surface area contributed by atoms with Gasteiger partial charge in [0.1, 0.15) is 0 Å². The summed E-state index contributed by atoms with van der Waals surface area (Å²) in [6.07, 6.45) is 5.59. The molecule has 0 amide bonds. The molecule has 3 heteroatoms. The zero-order valence-corrected chi connectivity index (χ0v) is 9.96. The van der Waals surface area contributed by atoms with Crippen molar-refractivity contribution in [1.29, 1.82) is 0 Å². The van der Waals surface area contributed by atoms with Crippen molar-refractivity contribution in [1.82, 2.24) is 10.6 Å². The number of nitrogens with one attached hydrogen (secondary N) is 2. The average molecular weight is 212 g/mol. The minimum absolute atomic E-state index is 0.523.